The average molecular weight is 587 g/mol. The third-order valence-electron chi connectivity index (χ3n) is 7.70. The Labute approximate surface area is 249 Å². The van der Waals surface area contributed by atoms with Crippen LogP contribution < -0.4 is 15.3 Å². The second-order valence-corrected chi connectivity index (χ2v) is 11.1. The van der Waals surface area contributed by atoms with Crippen LogP contribution in [-0.2, 0) is 4.79 Å². The quantitative estimate of drug-likeness (QED) is 0.308. The first-order chi connectivity index (χ1) is 20.6. The molecule has 1 aliphatic rings. The Hall–Kier alpha value is -4.80. The van der Waals surface area contributed by atoms with E-state index in [9.17, 15) is 14.7 Å². The largest absolute Gasteiger partial charge is 0.507 e. The second kappa shape index (κ2) is 11.8. The Morgan fingerprint density at radius 1 is 1.07 bits per heavy atom. The maximum absolute atomic E-state index is 15.2. The molecule has 1 N–H and O–H groups in total. The lowest BCUT2D eigenvalue weighted by atomic mass is 9.99. The lowest BCUT2D eigenvalue weighted by molar-refractivity contribution is -0.126. The molecule has 3 heterocycles. The first kappa shape index (κ1) is 29.7. The average Bonchev–Trinajstić information content (AvgIpc) is 2.99. The summed E-state index contributed by atoms with van der Waals surface area (Å²) < 4.78 is 22.5. The van der Waals surface area contributed by atoms with Gasteiger partial charge in [-0.2, -0.15) is 4.98 Å². The summed E-state index contributed by atoms with van der Waals surface area (Å²) in [4.78, 5) is 43.7. The van der Waals surface area contributed by atoms with Gasteiger partial charge in [-0.3, -0.25) is 9.36 Å². The number of carbonyl (C=O) groups excluding carboxylic acids is 1. The van der Waals surface area contributed by atoms with Gasteiger partial charge in [-0.15, -0.1) is 0 Å². The highest BCUT2D eigenvalue weighted by Gasteiger charge is 2.29. The summed E-state index contributed by atoms with van der Waals surface area (Å²) in [5.41, 5.74) is 1.96. The van der Waals surface area contributed by atoms with Gasteiger partial charge in [-0.25, -0.2) is 19.2 Å². The van der Waals surface area contributed by atoms with E-state index in [-0.39, 0.29) is 29.1 Å². The van der Waals surface area contributed by atoms with Gasteiger partial charge in [0.15, 0.2) is 0 Å². The van der Waals surface area contributed by atoms with Crippen LogP contribution in [0.2, 0.25) is 0 Å². The molecule has 1 aliphatic heterocycles. The molecule has 11 heteroatoms. The zero-order valence-corrected chi connectivity index (χ0v) is 25.0. The SMILES string of the molecule is C=CC(=O)N1CCN(c2nc(=O)n(-c3c(C(C)C)ncnc3C(C)C)c3cc(-c4c(O)cccc4F)cc(OC)c23)CC1. The zero-order valence-electron chi connectivity index (χ0n) is 25.0. The fourth-order valence-corrected chi connectivity index (χ4v) is 5.60. The number of carbonyl (C=O) groups is 1. The summed E-state index contributed by atoms with van der Waals surface area (Å²) in [6.07, 6.45) is 2.78. The number of anilines is 1. The van der Waals surface area contributed by atoms with Crippen molar-refractivity contribution in [2.75, 3.05) is 38.2 Å². The van der Waals surface area contributed by atoms with E-state index in [1.165, 1.54) is 42.3 Å². The van der Waals surface area contributed by atoms with E-state index in [2.05, 4.69) is 21.5 Å². The summed E-state index contributed by atoms with van der Waals surface area (Å²) in [5, 5.41) is 11.2. The van der Waals surface area contributed by atoms with Gasteiger partial charge in [0.25, 0.3) is 0 Å². The smallest absolute Gasteiger partial charge is 0.354 e. The first-order valence-corrected chi connectivity index (χ1v) is 14.2. The monoisotopic (exact) mass is 586 g/mol. The molecule has 2 aromatic carbocycles. The number of nitrogens with zero attached hydrogens (tertiary/aromatic N) is 6. The Morgan fingerprint density at radius 2 is 1.72 bits per heavy atom. The normalized spacial score (nSPS) is 13.7. The van der Waals surface area contributed by atoms with E-state index < -0.39 is 11.5 Å². The number of methoxy groups -OCH3 is 1. The number of phenolic OH excluding ortho intramolecular Hbond substituents is 1. The van der Waals surface area contributed by atoms with Crippen LogP contribution in [-0.4, -0.2) is 68.7 Å². The van der Waals surface area contributed by atoms with E-state index in [0.717, 1.165) is 0 Å². The molecule has 43 heavy (non-hydrogen) atoms. The maximum Gasteiger partial charge on any atom is 0.354 e. The van der Waals surface area contributed by atoms with Crippen LogP contribution in [0.25, 0.3) is 27.7 Å². The van der Waals surface area contributed by atoms with Crippen molar-refractivity contribution < 1.29 is 19.0 Å². The lowest BCUT2D eigenvalue weighted by Crippen LogP contribution is -2.49. The summed E-state index contributed by atoms with van der Waals surface area (Å²) in [6.45, 7) is 13.2. The van der Waals surface area contributed by atoms with Crippen LogP contribution >= 0.6 is 0 Å². The highest BCUT2D eigenvalue weighted by molar-refractivity contribution is 5.99. The van der Waals surface area contributed by atoms with Gasteiger partial charge in [-0.1, -0.05) is 40.3 Å². The van der Waals surface area contributed by atoms with Gasteiger partial charge in [0.1, 0.15) is 29.5 Å². The molecule has 1 saturated heterocycles. The van der Waals surface area contributed by atoms with Crippen LogP contribution in [0.4, 0.5) is 10.2 Å². The first-order valence-electron chi connectivity index (χ1n) is 14.2. The maximum atomic E-state index is 15.2. The molecule has 2 aromatic heterocycles. The highest BCUT2D eigenvalue weighted by atomic mass is 19.1. The standard InChI is InChI=1S/C32H35FN6O4/c1-7-25(41)37-11-13-38(14-12-37)31-27-22(15-20(16-24(27)43-6)26-21(33)9-8-10-23(26)40)39(32(42)36-31)30-28(18(2)3)34-17-35-29(30)19(4)5/h7-10,15-19,40H,1,11-14H2,2-6H3. The number of hydrogen-bond donors (Lipinski definition) is 1. The van der Waals surface area contributed by atoms with Crippen LogP contribution in [0.3, 0.4) is 0 Å². The van der Waals surface area contributed by atoms with Crippen molar-refractivity contribution in [2.45, 2.75) is 39.5 Å². The van der Waals surface area contributed by atoms with Crippen LogP contribution in [0.1, 0.15) is 50.9 Å². The van der Waals surface area contributed by atoms with Crippen molar-refractivity contribution >= 4 is 22.6 Å². The number of fused-ring (bicyclic) bond motifs is 1. The molecule has 0 spiro atoms. The van der Waals surface area contributed by atoms with Gasteiger partial charge in [0.05, 0.1) is 40.7 Å². The third-order valence-corrected chi connectivity index (χ3v) is 7.70. The minimum atomic E-state index is -0.624. The van der Waals surface area contributed by atoms with Gasteiger partial charge in [-0.05, 0) is 47.7 Å². The van der Waals surface area contributed by atoms with Crippen molar-refractivity contribution in [3.05, 3.63) is 77.0 Å². The molecule has 0 aliphatic carbocycles. The minimum absolute atomic E-state index is 0.0194. The molecule has 0 radical (unpaired) electrons. The fraction of sp³-hybridized carbons (Fsp3) is 0.344. The van der Waals surface area contributed by atoms with Crippen molar-refractivity contribution in [3.63, 3.8) is 0 Å². The van der Waals surface area contributed by atoms with Crippen molar-refractivity contribution in [2.24, 2.45) is 0 Å². The highest BCUT2D eigenvalue weighted by Crippen LogP contribution is 2.41. The van der Waals surface area contributed by atoms with Crippen LogP contribution in [0.5, 0.6) is 11.5 Å². The number of hydrogen-bond acceptors (Lipinski definition) is 8. The van der Waals surface area contributed by atoms with Crippen molar-refractivity contribution in [1.82, 2.24) is 24.4 Å². The summed E-state index contributed by atoms with van der Waals surface area (Å²) in [5.74, 6) is -0.433. The predicted octanol–water partition coefficient (Wildman–Crippen LogP) is 4.78. The molecule has 0 atom stereocenters. The molecule has 5 rings (SSSR count). The number of benzene rings is 2. The molecule has 1 fully saturated rings. The molecule has 0 bridgehead atoms. The molecule has 4 aromatic rings. The van der Waals surface area contributed by atoms with Crippen molar-refractivity contribution in [1.29, 1.82) is 0 Å². The zero-order chi connectivity index (χ0) is 31.0. The predicted molar refractivity (Wildman–Crippen MR) is 164 cm³/mol. The Bertz CT molecular complexity index is 1730. The Balaban J connectivity index is 1.88. The van der Waals surface area contributed by atoms with Crippen LogP contribution in [0, 0.1) is 5.82 Å². The van der Waals surface area contributed by atoms with E-state index in [4.69, 9.17) is 4.74 Å². The number of halogens is 1. The minimum Gasteiger partial charge on any atom is -0.507 e. The number of ether oxygens (including phenoxy) is 1. The van der Waals surface area contributed by atoms with Gasteiger partial charge in [0, 0.05) is 26.2 Å². The van der Waals surface area contributed by atoms with Gasteiger partial charge < -0.3 is 19.6 Å². The number of aromatic nitrogens is 4. The molecule has 10 nitrogen and oxygen atoms in total. The topological polar surface area (TPSA) is 114 Å². The molecule has 0 unspecified atom stereocenters. The molecule has 224 valence electrons. The Morgan fingerprint density at radius 3 is 2.28 bits per heavy atom. The number of amides is 1. The van der Waals surface area contributed by atoms with Crippen molar-refractivity contribution in [3.8, 4) is 28.3 Å². The molecule has 0 saturated carbocycles. The summed E-state index contributed by atoms with van der Waals surface area (Å²) >= 11 is 0. The lowest BCUT2D eigenvalue weighted by Gasteiger charge is -2.35. The Kier molecular flexibility index (Phi) is 8.16. The number of rotatable bonds is 7. The second-order valence-electron chi connectivity index (χ2n) is 11.1. The summed E-state index contributed by atoms with van der Waals surface area (Å²) in [6, 6.07) is 7.39. The van der Waals surface area contributed by atoms with E-state index >= 15 is 4.39 Å². The van der Waals surface area contributed by atoms with Gasteiger partial charge >= 0.3 is 5.69 Å². The number of phenols is 1. The van der Waals surface area contributed by atoms with E-state index in [1.807, 2.05) is 32.6 Å². The number of aromatic hydroxyl groups is 1. The molecular weight excluding hydrogens is 551 g/mol. The fourth-order valence-electron chi connectivity index (χ4n) is 5.60. The molecule has 1 amide bonds. The van der Waals surface area contributed by atoms with E-state index in [0.29, 0.717) is 71.3 Å². The van der Waals surface area contributed by atoms with Gasteiger partial charge in [0.2, 0.25) is 5.91 Å². The van der Waals surface area contributed by atoms with Crippen LogP contribution in [0.15, 0.2) is 54.1 Å². The third kappa shape index (κ3) is 5.31. The molecular formula is C32H35FN6O4. The number of piperazine rings is 1. The summed E-state index contributed by atoms with van der Waals surface area (Å²) in [7, 11) is 1.49. The van der Waals surface area contributed by atoms with E-state index in [1.54, 1.807) is 17.0 Å².